The molecule has 0 aliphatic carbocycles. The van der Waals surface area contributed by atoms with E-state index >= 15 is 0 Å². The number of aryl methyl sites for hydroxylation is 1. The van der Waals surface area contributed by atoms with Crippen LogP contribution in [-0.2, 0) is 6.54 Å². The minimum Gasteiger partial charge on any atom is -0.373 e. The normalized spacial score (nSPS) is 14.7. The summed E-state index contributed by atoms with van der Waals surface area (Å²) in [5.74, 6) is 0.805. The molecule has 6 nitrogen and oxygen atoms in total. The summed E-state index contributed by atoms with van der Waals surface area (Å²) in [5.41, 5.74) is 8.42. The zero-order valence-corrected chi connectivity index (χ0v) is 22.3. The van der Waals surface area contributed by atoms with Crippen molar-refractivity contribution >= 4 is 5.82 Å². The fourth-order valence-corrected chi connectivity index (χ4v) is 4.90. The molecule has 1 fully saturated rings. The van der Waals surface area contributed by atoms with E-state index in [1.807, 2.05) is 44.6 Å². The lowest BCUT2D eigenvalue weighted by molar-refractivity contribution is 0.104. The molecule has 0 amide bonds. The van der Waals surface area contributed by atoms with Crippen LogP contribution in [0.4, 0.5) is 5.82 Å². The fourth-order valence-electron chi connectivity index (χ4n) is 4.90. The molecule has 0 radical (unpaired) electrons. The molecule has 0 spiro atoms. The van der Waals surface area contributed by atoms with Crippen molar-refractivity contribution in [2.45, 2.75) is 33.4 Å². The summed E-state index contributed by atoms with van der Waals surface area (Å²) in [7, 11) is 1.89. The van der Waals surface area contributed by atoms with E-state index in [1.165, 1.54) is 11.1 Å². The van der Waals surface area contributed by atoms with E-state index in [0.29, 0.717) is 6.04 Å². The number of hydrogen-bond acceptors (Lipinski definition) is 6. The Balaban J connectivity index is 1.35. The van der Waals surface area contributed by atoms with Gasteiger partial charge < -0.3 is 5.32 Å². The van der Waals surface area contributed by atoms with Crippen molar-refractivity contribution in [2.24, 2.45) is 0 Å². The first-order valence-electron chi connectivity index (χ1n) is 13.1. The van der Waals surface area contributed by atoms with Gasteiger partial charge in [-0.3, -0.25) is 19.8 Å². The molecule has 4 aromatic rings. The van der Waals surface area contributed by atoms with Gasteiger partial charge in [-0.2, -0.15) is 0 Å². The Morgan fingerprint density at radius 1 is 0.784 bits per heavy atom. The Morgan fingerprint density at radius 2 is 1.51 bits per heavy atom. The number of rotatable bonds is 7. The predicted octanol–water partition coefficient (Wildman–Crippen LogP) is 5.75. The summed E-state index contributed by atoms with van der Waals surface area (Å²) in [6, 6.07) is 21.9. The summed E-state index contributed by atoms with van der Waals surface area (Å²) < 4.78 is 0. The van der Waals surface area contributed by atoms with Crippen LogP contribution in [0.25, 0.3) is 33.6 Å². The van der Waals surface area contributed by atoms with Crippen LogP contribution in [0, 0.1) is 6.92 Å². The number of benzene rings is 1. The van der Waals surface area contributed by atoms with Gasteiger partial charge in [0.2, 0.25) is 0 Å². The smallest absolute Gasteiger partial charge is 0.127 e. The first kappa shape index (κ1) is 25.1. The number of aromatic nitrogens is 3. The quantitative estimate of drug-likeness (QED) is 0.355. The average Bonchev–Trinajstić information content (AvgIpc) is 2.93. The van der Waals surface area contributed by atoms with E-state index in [1.54, 1.807) is 0 Å². The third-order valence-corrected chi connectivity index (χ3v) is 7.13. The second kappa shape index (κ2) is 11.2. The number of nitrogens with one attached hydrogen (secondary N) is 1. The Hall–Kier alpha value is -3.61. The first-order valence-corrected chi connectivity index (χ1v) is 13.1. The molecule has 5 rings (SSSR count). The molecular weight excluding hydrogens is 456 g/mol. The molecule has 1 N–H and O–H groups in total. The zero-order chi connectivity index (χ0) is 25.8. The molecular formula is C31H36N6. The lowest BCUT2D eigenvalue weighted by Crippen LogP contribution is -2.48. The van der Waals surface area contributed by atoms with E-state index in [9.17, 15) is 0 Å². The van der Waals surface area contributed by atoms with Gasteiger partial charge in [0.15, 0.2) is 0 Å². The Bertz CT molecular complexity index is 1340. The highest BCUT2D eigenvalue weighted by Gasteiger charge is 2.18. The summed E-state index contributed by atoms with van der Waals surface area (Å²) in [4.78, 5) is 19.1. The molecule has 6 heteroatoms. The van der Waals surface area contributed by atoms with Gasteiger partial charge >= 0.3 is 0 Å². The predicted molar refractivity (Wildman–Crippen MR) is 152 cm³/mol. The first-order chi connectivity index (χ1) is 18.0. The second-order valence-electron chi connectivity index (χ2n) is 10.1. The van der Waals surface area contributed by atoms with Crippen LogP contribution in [0.1, 0.15) is 25.1 Å². The standard InChI is InChI=1S/C31H36N6/c1-22(2)37-14-12-36(13-15-37)21-24-8-10-25(11-9-24)27-16-28(20-33-19-27)26-17-30(35-31(18-26)32-4)29-7-5-6-23(3)34-29/h5-11,16-20,22H,12-15,21H2,1-4H3,(H,32,35). The van der Waals surface area contributed by atoms with Crippen LogP contribution in [0.15, 0.2) is 73.1 Å². The summed E-state index contributed by atoms with van der Waals surface area (Å²) in [6.07, 6.45) is 3.85. The monoisotopic (exact) mass is 492 g/mol. The molecule has 190 valence electrons. The number of anilines is 1. The molecule has 3 aromatic heterocycles. The van der Waals surface area contributed by atoms with E-state index in [0.717, 1.165) is 72.3 Å². The molecule has 1 saturated heterocycles. The summed E-state index contributed by atoms with van der Waals surface area (Å²) >= 11 is 0. The Kier molecular flexibility index (Phi) is 7.58. The highest BCUT2D eigenvalue weighted by Crippen LogP contribution is 2.30. The van der Waals surface area contributed by atoms with Crippen LogP contribution in [0.3, 0.4) is 0 Å². The van der Waals surface area contributed by atoms with Gasteiger partial charge in [0.05, 0.1) is 11.4 Å². The van der Waals surface area contributed by atoms with E-state index in [-0.39, 0.29) is 0 Å². The van der Waals surface area contributed by atoms with Gasteiger partial charge in [-0.25, -0.2) is 4.98 Å². The van der Waals surface area contributed by atoms with Gasteiger partial charge in [0, 0.05) is 75.0 Å². The minimum absolute atomic E-state index is 0.633. The van der Waals surface area contributed by atoms with E-state index in [4.69, 9.17) is 4.98 Å². The molecule has 1 aromatic carbocycles. The molecule has 0 unspecified atom stereocenters. The number of nitrogens with zero attached hydrogens (tertiary/aromatic N) is 5. The maximum atomic E-state index is 4.74. The van der Waals surface area contributed by atoms with Gasteiger partial charge in [-0.1, -0.05) is 30.3 Å². The average molecular weight is 493 g/mol. The van der Waals surface area contributed by atoms with E-state index < -0.39 is 0 Å². The maximum absolute atomic E-state index is 4.74. The van der Waals surface area contributed by atoms with Gasteiger partial charge in [0.1, 0.15) is 5.82 Å². The van der Waals surface area contributed by atoms with Gasteiger partial charge in [0.25, 0.3) is 0 Å². The molecule has 4 heterocycles. The van der Waals surface area contributed by atoms with Crippen molar-refractivity contribution in [3.63, 3.8) is 0 Å². The lowest BCUT2D eigenvalue weighted by atomic mass is 10.0. The van der Waals surface area contributed by atoms with Crippen molar-refractivity contribution < 1.29 is 0 Å². The van der Waals surface area contributed by atoms with Crippen LogP contribution in [-0.4, -0.2) is 64.0 Å². The third-order valence-electron chi connectivity index (χ3n) is 7.13. The topological polar surface area (TPSA) is 57.2 Å². The largest absolute Gasteiger partial charge is 0.373 e. The van der Waals surface area contributed by atoms with E-state index in [2.05, 4.69) is 81.4 Å². The van der Waals surface area contributed by atoms with Gasteiger partial charge in [-0.15, -0.1) is 0 Å². The second-order valence-corrected chi connectivity index (χ2v) is 10.1. The van der Waals surface area contributed by atoms with Crippen molar-refractivity contribution in [3.05, 3.63) is 84.3 Å². The fraction of sp³-hybridized carbons (Fsp3) is 0.323. The number of hydrogen-bond donors (Lipinski definition) is 1. The van der Waals surface area contributed by atoms with Crippen molar-refractivity contribution in [1.29, 1.82) is 0 Å². The van der Waals surface area contributed by atoms with Crippen LogP contribution in [0.5, 0.6) is 0 Å². The summed E-state index contributed by atoms with van der Waals surface area (Å²) in [6.45, 7) is 12.1. The van der Waals surface area contributed by atoms with Crippen LogP contribution in [0.2, 0.25) is 0 Å². The molecule has 1 aliphatic heterocycles. The molecule has 0 saturated carbocycles. The van der Waals surface area contributed by atoms with Crippen molar-refractivity contribution in [1.82, 2.24) is 24.8 Å². The zero-order valence-electron chi connectivity index (χ0n) is 22.3. The number of pyridine rings is 3. The van der Waals surface area contributed by atoms with Gasteiger partial charge in [-0.05, 0) is 67.8 Å². The number of piperazine rings is 1. The lowest BCUT2D eigenvalue weighted by Gasteiger charge is -2.36. The highest BCUT2D eigenvalue weighted by atomic mass is 15.3. The Labute approximate surface area is 220 Å². The molecule has 0 bridgehead atoms. The van der Waals surface area contributed by atoms with Crippen molar-refractivity contribution in [3.8, 4) is 33.6 Å². The van der Waals surface area contributed by atoms with Crippen molar-refractivity contribution in [2.75, 3.05) is 38.5 Å². The Morgan fingerprint density at radius 3 is 2.19 bits per heavy atom. The third kappa shape index (κ3) is 6.04. The highest BCUT2D eigenvalue weighted by molar-refractivity contribution is 5.76. The summed E-state index contributed by atoms with van der Waals surface area (Å²) in [5, 5.41) is 3.19. The van der Waals surface area contributed by atoms with Crippen LogP contribution < -0.4 is 5.32 Å². The molecule has 1 aliphatic rings. The minimum atomic E-state index is 0.633. The maximum Gasteiger partial charge on any atom is 0.127 e. The molecule has 37 heavy (non-hydrogen) atoms. The SMILES string of the molecule is CNc1cc(-c2cncc(-c3ccc(CN4CCN(C(C)C)CC4)cc3)c2)cc(-c2cccc(C)n2)n1. The van der Waals surface area contributed by atoms with Crippen LogP contribution >= 0.6 is 0 Å². The molecule has 0 atom stereocenters.